The van der Waals surface area contributed by atoms with E-state index in [9.17, 15) is 18.0 Å². The van der Waals surface area contributed by atoms with Crippen molar-refractivity contribution in [2.45, 2.75) is 52.0 Å². The van der Waals surface area contributed by atoms with Crippen LogP contribution in [0.1, 0.15) is 58.9 Å². The highest BCUT2D eigenvalue weighted by molar-refractivity contribution is 7.90. The van der Waals surface area contributed by atoms with Gasteiger partial charge in [0.15, 0.2) is 5.03 Å². The number of ether oxygens (including phenoxy) is 2. The topological polar surface area (TPSA) is 151 Å². The van der Waals surface area contributed by atoms with Gasteiger partial charge in [-0.05, 0) is 87.9 Å². The van der Waals surface area contributed by atoms with Gasteiger partial charge in [0.05, 0.1) is 18.2 Å². The lowest BCUT2D eigenvalue weighted by Gasteiger charge is -2.21. The molecule has 0 bridgehead atoms. The third-order valence-electron chi connectivity index (χ3n) is 6.52. The summed E-state index contributed by atoms with van der Waals surface area (Å²) in [6, 6.07) is 11.1. The molecule has 3 N–H and O–H groups in total. The van der Waals surface area contributed by atoms with Gasteiger partial charge < -0.3 is 15.2 Å². The molecule has 10 nitrogen and oxygen atoms in total. The number of carbonyl (C=O) groups excluding carboxylic acids is 2. The van der Waals surface area contributed by atoms with Crippen LogP contribution in [0.15, 0.2) is 53.6 Å². The molecular weight excluding hydrogens is 532 g/mol. The minimum atomic E-state index is -4.32. The Morgan fingerprint density at radius 3 is 2.42 bits per heavy atom. The summed E-state index contributed by atoms with van der Waals surface area (Å²) < 4.78 is 39.1. The predicted molar refractivity (Wildman–Crippen MR) is 150 cm³/mol. The Labute approximate surface area is 233 Å². The normalized spacial score (nSPS) is 15.2. The van der Waals surface area contributed by atoms with E-state index in [0.717, 1.165) is 22.3 Å². The maximum absolute atomic E-state index is 13.3. The van der Waals surface area contributed by atoms with E-state index in [-0.39, 0.29) is 34.2 Å². The Kier molecular flexibility index (Phi) is 8.53. The number of nitrogens with one attached hydrogen (secondary N) is 1. The monoisotopic (exact) mass is 564 g/mol. The molecule has 2 aromatic heterocycles. The molecule has 1 aliphatic carbocycles. The highest BCUT2D eigenvalue weighted by atomic mass is 32.2. The van der Waals surface area contributed by atoms with Crippen molar-refractivity contribution in [3.8, 4) is 11.6 Å². The number of aryl methyl sites for hydroxylation is 3. The molecule has 1 aromatic carbocycles. The molecule has 0 radical (unpaired) electrons. The number of nitrogens with two attached hydrogens (primary N) is 1. The average molecular weight is 565 g/mol. The first-order valence-corrected chi connectivity index (χ1v) is 14.4. The minimum absolute atomic E-state index is 0.00152. The molecule has 40 heavy (non-hydrogen) atoms. The first-order chi connectivity index (χ1) is 19.0. The average Bonchev–Trinajstić information content (AvgIpc) is 2.90. The summed E-state index contributed by atoms with van der Waals surface area (Å²) in [5.74, 6) is -0.891. The highest BCUT2D eigenvalue weighted by Crippen LogP contribution is 2.35. The van der Waals surface area contributed by atoms with Crippen molar-refractivity contribution in [1.82, 2.24) is 14.7 Å². The number of amides is 1. The summed E-state index contributed by atoms with van der Waals surface area (Å²) in [7, 11) is -4.32. The lowest BCUT2D eigenvalue weighted by Crippen LogP contribution is -2.31. The van der Waals surface area contributed by atoms with Crippen molar-refractivity contribution in [1.29, 1.82) is 0 Å². The number of rotatable bonds is 8. The van der Waals surface area contributed by atoms with Gasteiger partial charge in [-0.2, -0.15) is 8.42 Å². The van der Waals surface area contributed by atoms with Crippen LogP contribution in [-0.2, 0) is 19.6 Å². The first kappa shape index (κ1) is 28.8. The first-order valence-electron chi connectivity index (χ1n) is 12.9. The van der Waals surface area contributed by atoms with E-state index >= 15 is 0 Å². The molecule has 0 saturated heterocycles. The van der Waals surface area contributed by atoms with Gasteiger partial charge in [0.25, 0.3) is 15.9 Å². The van der Waals surface area contributed by atoms with Crippen LogP contribution in [0.25, 0.3) is 5.57 Å². The number of sulfonamides is 1. The van der Waals surface area contributed by atoms with Gasteiger partial charge in [0.1, 0.15) is 17.1 Å². The smallest absolute Gasteiger partial charge is 0.309 e. The molecule has 3 aromatic rings. The summed E-state index contributed by atoms with van der Waals surface area (Å²) in [6.45, 7) is 7.84. The van der Waals surface area contributed by atoms with Crippen LogP contribution in [0, 0.1) is 26.7 Å². The molecule has 0 spiro atoms. The number of benzene rings is 1. The predicted octanol–water partition coefficient (Wildman–Crippen LogP) is 4.64. The Morgan fingerprint density at radius 2 is 1.80 bits per heavy atom. The standard InChI is InChI=1S/C29H32N4O6S/c1-5-38-29(35)21-11-9-20(10-12-21)23-14-13-22(27(34)33-40(36,37)25-8-6-7-24(30)32-25)28(31-23)39-26-18(3)15-17(2)16-19(26)4/h6-9,13-16,21H,5,10-12H2,1-4H3,(H2,30,32)(H,33,34). The van der Waals surface area contributed by atoms with Gasteiger partial charge in [-0.15, -0.1) is 0 Å². The summed E-state index contributed by atoms with van der Waals surface area (Å²) in [5.41, 5.74) is 9.73. The van der Waals surface area contributed by atoms with Crippen LogP contribution in [-0.4, -0.2) is 36.9 Å². The van der Waals surface area contributed by atoms with E-state index in [1.54, 1.807) is 13.0 Å². The number of nitrogen functional groups attached to an aromatic ring is 1. The number of nitrogens with zero attached hydrogens (tertiary/aromatic N) is 2. The number of aromatic nitrogens is 2. The van der Waals surface area contributed by atoms with Gasteiger partial charge in [-0.1, -0.05) is 29.8 Å². The SMILES string of the molecule is CCOC(=O)C1CC=C(c2ccc(C(=O)NS(=O)(=O)c3cccc(N)n3)c(Oc3c(C)cc(C)cc3C)n2)CC1. The number of esters is 1. The summed E-state index contributed by atoms with van der Waals surface area (Å²) >= 11 is 0. The Hall–Kier alpha value is -4.25. The summed E-state index contributed by atoms with van der Waals surface area (Å²) in [6.07, 6.45) is 3.64. The molecule has 1 unspecified atom stereocenters. The fraction of sp³-hybridized carbons (Fsp3) is 0.310. The molecule has 11 heteroatoms. The van der Waals surface area contributed by atoms with Crippen LogP contribution < -0.4 is 15.2 Å². The molecule has 4 rings (SSSR count). The van der Waals surface area contributed by atoms with E-state index in [1.165, 1.54) is 24.3 Å². The van der Waals surface area contributed by atoms with Crippen molar-refractivity contribution in [2.75, 3.05) is 12.3 Å². The number of anilines is 1. The van der Waals surface area contributed by atoms with E-state index in [2.05, 4.69) is 9.97 Å². The second-order valence-electron chi connectivity index (χ2n) is 9.67. The molecule has 1 amide bonds. The lowest BCUT2D eigenvalue weighted by atomic mass is 9.88. The third-order valence-corrected chi connectivity index (χ3v) is 7.75. The van der Waals surface area contributed by atoms with Crippen LogP contribution in [0.4, 0.5) is 5.82 Å². The van der Waals surface area contributed by atoms with E-state index < -0.39 is 15.9 Å². The minimum Gasteiger partial charge on any atom is -0.466 e. The van der Waals surface area contributed by atoms with Crippen LogP contribution in [0.3, 0.4) is 0 Å². The molecule has 1 aliphatic rings. The fourth-order valence-electron chi connectivity index (χ4n) is 4.65. The zero-order valence-corrected chi connectivity index (χ0v) is 23.7. The van der Waals surface area contributed by atoms with Crippen molar-refractivity contribution < 1.29 is 27.5 Å². The molecular formula is C29H32N4O6S. The van der Waals surface area contributed by atoms with Crippen molar-refractivity contribution in [3.05, 3.63) is 76.5 Å². The van der Waals surface area contributed by atoms with Gasteiger partial charge in [-0.3, -0.25) is 9.59 Å². The number of hydrogen-bond acceptors (Lipinski definition) is 9. The van der Waals surface area contributed by atoms with E-state index in [4.69, 9.17) is 15.2 Å². The Bertz CT molecular complexity index is 1580. The van der Waals surface area contributed by atoms with E-state index in [0.29, 0.717) is 37.3 Å². The van der Waals surface area contributed by atoms with Crippen molar-refractivity contribution in [2.24, 2.45) is 5.92 Å². The number of pyridine rings is 2. The molecule has 0 fully saturated rings. The van der Waals surface area contributed by atoms with E-state index in [1.807, 2.05) is 43.7 Å². The summed E-state index contributed by atoms with van der Waals surface area (Å²) in [4.78, 5) is 33.9. The largest absolute Gasteiger partial charge is 0.466 e. The number of allylic oxidation sites excluding steroid dienone is 2. The Morgan fingerprint density at radius 1 is 1.07 bits per heavy atom. The molecule has 0 aliphatic heterocycles. The van der Waals surface area contributed by atoms with Gasteiger partial charge >= 0.3 is 5.97 Å². The maximum Gasteiger partial charge on any atom is 0.309 e. The lowest BCUT2D eigenvalue weighted by molar-refractivity contribution is -0.148. The summed E-state index contributed by atoms with van der Waals surface area (Å²) in [5, 5.41) is -0.387. The third kappa shape index (κ3) is 6.48. The zero-order chi connectivity index (χ0) is 29.0. The van der Waals surface area contributed by atoms with Crippen molar-refractivity contribution >= 4 is 33.3 Å². The van der Waals surface area contributed by atoms with Crippen LogP contribution >= 0.6 is 0 Å². The zero-order valence-electron chi connectivity index (χ0n) is 22.9. The molecule has 1 atom stereocenters. The van der Waals surface area contributed by atoms with Gasteiger partial charge in [0.2, 0.25) is 5.88 Å². The molecule has 0 saturated carbocycles. The second kappa shape index (κ2) is 11.9. The second-order valence-corrected chi connectivity index (χ2v) is 11.3. The Balaban J connectivity index is 1.70. The van der Waals surface area contributed by atoms with Crippen LogP contribution in [0.5, 0.6) is 11.6 Å². The quantitative estimate of drug-likeness (QED) is 0.373. The number of hydrogen-bond donors (Lipinski definition) is 2. The fourth-order valence-corrected chi connectivity index (χ4v) is 5.59. The highest BCUT2D eigenvalue weighted by Gasteiger charge is 2.27. The molecule has 2 heterocycles. The van der Waals surface area contributed by atoms with Gasteiger partial charge in [-0.25, -0.2) is 14.7 Å². The van der Waals surface area contributed by atoms with Gasteiger partial charge in [0, 0.05) is 0 Å². The maximum atomic E-state index is 13.3. The number of carbonyl (C=O) groups is 2. The van der Waals surface area contributed by atoms with Crippen LogP contribution in [0.2, 0.25) is 0 Å². The van der Waals surface area contributed by atoms with Crippen molar-refractivity contribution in [3.63, 3.8) is 0 Å². The molecule has 210 valence electrons.